The normalized spacial score (nSPS) is 21.6. The molecule has 0 saturated heterocycles. The van der Waals surface area contributed by atoms with E-state index in [1.54, 1.807) is 7.11 Å². The molecule has 0 aromatic heterocycles. The molecule has 0 saturated carbocycles. The highest BCUT2D eigenvalue weighted by atomic mass is 16.5. The van der Waals surface area contributed by atoms with E-state index in [4.69, 9.17) is 4.74 Å². The summed E-state index contributed by atoms with van der Waals surface area (Å²) in [7, 11) is 1.68. The first kappa shape index (κ1) is 13.5. The van der Waals surface area contributed by atoms with E-state index in [0.717, 1.165) is 13.1 Å². The van der Waals surface area contributed by atoms with Crippen LogP contribution in [0.4, 0.5) is 0 Å². The molecule has 1 aromatic rings. The first-order valence-corrected chi connectivity index (χ1v) is 6.38. The third kappa shape index (κ3) is 2.90. The van der Waals surface area contributed by atoms with Crippen molar-refractivity contribution in [2.24, 2.45) is 0 Å². The summed E-state index contributed by atoms with van der Waals surface area (Å²) in [5.74, 6) is 0. The van der Waals surface area contributed by atoms with Crippen LogP contribution in [0.25, 0.3) is 0 Å². The summed E-state index contributed by atoms with van der Waals surface area (Å²) in [6.45, 7) is 4.65. The van der Waals surface area contributed by atoms with Crippen molar-refractivity contribution in [3.8, 4) is 0 Å². The molecule has 0 radical (unpaired) electrons. The molecule has 2 unspecified atom stereocenters. The van der Waals surface area contributed by atoms with E-state index in [0.29, 0.717) is 13.2 Å². The van der Waals surface area contributed by atoms with Crippen molar-refractivity contribution in [2.45, 2.75) is 25.1 Å². The molecule has 0 spiro atoms. The molecule has 0 fully saturated rings. The summed E-state index contributed by atoms with van der Waals surface area (Å²) in [6, 6.07) is 8.24. The molecular weight excluding hydrogens is 228 g/mol. The number of aliphatic hydroxyl groups is 1. The Morgan fingerprint density at radius 1 is 1.50 bits per heavy atom. The van der Waals surface area contributed by atoms with E-state index in [1.165, 1.54) is 11.1 Å². The molecule has 1 aliphatic rings. The Morgan fingerprint density at radius 3 is 3.06 bits per heavy atom. The Labute approximate surface area is 108 Å². The van der Waals surface area contributed by atoms with Crippen LogP contribution in [0.5, 0.6) is 0 Å². The molecule has 0 aliphatic carbocycles. The van der Waals surface area contributed by atoms with Crippen molar-refractivity contribution < 1.29 is 9.84 Å². The highest BCUT2D eigenvalue weighted by molar-refractivity contribution is 5.35. The van der Waals surface area contributed by atoms with Gasteiger partial charge in [-0.2, -0.15) is 0 Å². The van der Waals surface area contributed by atoms with E-state index in [9.17, 15) is 5.11 Å². The summed E-state index contributed by atoms with van der Waals surface area (Å²) >= 11 is 0. The zero-order valence-corrected chi connectivity index (χ0v) is 11.1. The Kier molecular flexibility index (Phi) is 4.35. The lowest BCUT2D eigenvalue weighted by molar-refractivity contribution is 0.0212. The lowest BCUT2D eigenvalue weighted by atomic mass is 9.90. The largest absolute Gasteiger partial charge is 0.387 e. The number of ether oxygens (including phenoxy) is 1. The zero-order valence-electron chi connectivity index (χ0n) is 11.1. The van der Waals surface area contributed by atoms with E-state index >= 15 is 0 Å². The number of methoxy groups -OCH3 is 1. The Hall–Kier alpha value is -0.940. The van der Waals surface area contributed by atoms with Crippen LogP contribution in [0.1, 0.15) is 24.1 Å². The fraction of sp³-hybridized carbons (Fsp3) is 0.571. The first-order valence-electron chi connectivity index (χ1n) is 6.38. The smallest absolute Gasteiger partial charge is 0.0937 e. The summed E-state index contributed by atoms with van der Waals surface area (Å²) in [5.41, 5.74) is 1.68. The average Bonchev–Trinajstić information content (AvgIpc) is 2.79. The number of rotatable bonds is 6. The quantitative estimate of drug-likeness (QED) is 0.654. The third-order valence-electron chi connectivity index (χ3n) is 3.45. The number of nitrogens with one attached hydrogen (secondary N) is 2. The van der Waals surface area contributed by atoms with Crippen LogP contribution in [-0.4, -0.2) is 37.5 Å². The molecule has 0 bridgehead atoms. The molecular formula is C14H22N2O2. The minimum atomic E-state index is -0.805. The van der Waals surface area contributed by atoms with Crippen LogP contribution in [0.15, 0.2) is 24.3 Å². The second kappa shape index (κ2) is 5.80. The minimum absolute atomic E-state index is 0.0104. The van der Waals surface area contributed by atoms with Gasteiger partial charge in [0.1, 0.15) is 0 Å². The van der Waals surface area contributed by atoms with Crippen LogP contribution in [0.2, 0.25) is 0 Å². The van der Waals surface area contributed by atoms with E-state index < -0.39 is 5.60 Å². The van der Waals surface area contributed by atoms with Gasteiger partial charge in [0.2, 0.25) is 0 Å². The van der Waals surface area contributed by atoms with Gasteiger partial charge in [0.15, 0.2) is 0 Å². The topological polar surface area (TPSA) is 53.5 Å². The van der Waals surface area contributed by atoms with Gasteiger partial charge in [-0.1, -0.05) is 24.3 Å². The number of fused-ring (bicyclic) bond motifs is 1. The summed E-state index contributed by atoms with van der Waals surface area (Å²) < 4.78 is 4.98. The number of hydrogen-bond donors (Lipinski definition) is 3. The summed E-state index contributed by atoms with van der Waals surface area (Å²) in [6.07, 6.45) is 0. The lowest BCUT2D eigenvalue weighted by Gasteiger charge is -2.31. The van der Waals surface area contributed by atoms with Crippen LogP contribution in [0.3, 0.4) is 0 Å². The SMILES string of the molecule is COCCNCC(C)(O)C1NCc2ccccc21. The molecule has 100 valence electrons. The molecule has 2 rings (SSSR count). The van der Waals surface area contributed by atoms with Gasteiger partial charge in [-0.3, -0.25) is 0 Å². The fourth-order valence-corrected chi connectivity index (χ4v) is 2.47. The number of hydrogen-bond acceptors (Lipinski definition) is 4. The van der Waals surface area contributed by atoms with Gasteiger partial charge >= 0.3 is 0 Å². The van der Waals surface area contributed by atoms with Gasteiger partial charge in [0.05, 0.1) is 18.2 Å². The second-order valence-corrected chi connectivity index (χ2v) is 5.04. The zero-order chi connectivity index (χ0) is 13.0. The maximum atomic E-state index is 10.6. The molecule has 4 nitrogen and oxygen atoms in total. The maximum absolute atomic E-state index is 10.6. The fourth-order valence-electron chi connectivity index (χ4n) is 2.47. The number of benzene rings is 1. The van der Waals surface area contributed by atoms with Crippen LogP contribution < -0.4 is 10.6 Å². The minimum Gasteiger partial charge on any atom is -0.387 e. The van der Waals surface area contributed by atoms with Crippen LogP contribution in [-0.2, 0) is 11.3 Å². The molecule has 0 amide bonds. The molecule has 2 atom stereocenters. The highest BCUT2D eigenvalue weighted by Gasteiger charge is 2.36. The monoisotopic (exact) mass is 250 g/mol. The molecule has 1 aromatic carbocycles. The van der Waals surface area contributed by atoms with Crippen molar-refractivity contribution in [1.29, 1.82) is 0 Å². The van der Waals surface area contributed by atoms with Crippen molar-refractivity contribution in [2.75, 3.05) is 26.8 Å². The Morgan fingerprint density at radius 2 is 2.28 bits per heavy atom. The molecule has 18 heavy (non-hydrogen) atoms. The predicted octanol–water partition coefficient (Wildman–Crippen LogP) is 0.818. The van der Waals surface area contributed by atoms with Gasteiger partial charge in [-0.25, -0.2) is 0 Å². The average molecular weight is 250 g/mol. The first-order chi connectivity index (χ1) is 8.65. The van der Waals surface area contributed by atoms with Crippen LogP contribution >= 0.6 is 0 Å². The van der Waals surface area contributed by atoms with Crippen molar-refractivity contribution in [1.82, 2.24) is 10.6 Å². The summed E-state index contributed by atoms with van der Waals surface area (Å²) in [5, 5.41) is 17.2. The van der Waals surface area contributed by atoms with Crippen molar-refractivity contribution >= 4 is 0 Å². The molecule has 4 heteroatoms. The summed E-state index contributed by atoms with van der Waals surface area (Å²) in [4.78, 5) is 0. The van der Waals surface area contributed by atoms with E-state index in [2.05, 4.69) is 22.8 Å². The molecule has 1 aliphatic heterocycles. The second-order valence-electron chi connectivity index (χ2n) is 5.04. The predicted molar refractivity (Wildman–Crippen MR) is 71.4 cm³/mol. The van der Waals surface area contributed by atoms with E-state index in [-0.39, 0.29) is 6.04 Å². The van der Waals surface area contributed by atoms with Crippen LogP contribution in [0, 0.1) is 0 Å². The molecule has 3 N–H and O–H groups in total. The van der Waals surface area contributed by atoms with Gasteiger partial charge < -0.3 is 20.5 Å². The standard InChI is InChI=1S/C14H22N2O2/c1-14(17,10-15-7-8-18-2)13-12-6-4-3-5-11(12)9-16-13/h3-6,13,15-17H,7-10H2,1-2H3. The Balaban J connectivity index is 1.98. The van der Waals surface area contributed by atoms with Gasteiger partial charge in [-0.15, -0.1) is 0 Å². The van der Waals surface area contributed by atoms with Gasteiger partial charge in [0, 0.05) is 26.7 Å². The highest BCUT2D eigenvalue weighted by Crippen LogP contribution is 2.32. The molecule has 1 heterocycles. The lowest BCUT2D eigenvalue weighted by Crippen LogP contribution is -2.47. The maximum Gasteiger partial charge on any atom is 0.0937 e. The van der Waals surface area contributed by atoms with Crippen molar-refractivity contribution in [3.63, 3.8) is 0 Å². The van der Waals surface area contributed by atoms with Crippen molar-refractivity contribution in [3.05, 3.63) is 35.4 Å². The Bertz CT molecular complexity index is 393. The van der Waals surface area contributed by atoms with Gasteiger partial charge in [0.25, 0.3) is 0 Å². The van der Waals surface area contributed by atoms with E-state index in [1.807, 2.05) is 19.1 Å². The third-order valence-corrected chi connectivity index (χ3v) is 3.45. The van der Waals surface area contributed by atoms with Gasteiger partial charge in [-0.05, 0) is 18.1 Å².